The fourth-order valence-electron chi connectivity index (χ4n) is 3.96. The Morgan fingerprint density at radius 1 is 0.975 bits per heavy atom. The molecule has 196 valence electrons. The molecule has 0 aliphatic carbocycles. The van der Waals surface area contributed by atoms with Gasteiger partial charge in [0.25, 0.3) is 0 Å². The Labute approximate surface area is 225 Å². The predicted molar refractivity (Wildman–Crippen MR) is 137 cm³/mol. The smallest absolute Gasteiger partial charge is 0.335 e. The molecule has 0 radical (unpaired) electrons. The molecule has 2 N–H and O–H groups in total. The minimum atomic E-state index is -1.26. The summed E-state index contributed by atoms with van der Waals surface area (Å²) in [4.78, 5) is 22.5. The molecule has 0 unspecified atom stereocenters. The molecular weight excluding hydrogens is 520 g/mol. The maximum absolute atomic E-state index is 14.3. The largest absolute Gasteiger partial charge is 0.484 e. The van der Waals surface area contributed by atoms with Gasteiger partial charge in [-0.3, -0.25) is 4.98 Å². The number of ether oxygens (including phenoxy) is 2. The Balaban J connectivity index is 1.30. The summed E-state index contributed by atoms with van der Waals surface area (Å²) in [6.45, 7) is -0.0472. The maximum Gasteiger partial charge on any atom is 0.335 e. The fourth-order valence-corrected chi connectivity index (χ4v) is 3.96. The van der Waals surface area contributed by atoms with E-state index in [0.717, 1.165) is 12.1 Å². The quantitative estimate of drug-likeness (QED) is 0.259. The van der Waals surface area contributed by atoms with Gasteiger partial charge in [-0.05, 0) is 54.1 Å². The normalized spacial score (nSPS) is 10.6. The molecule has 5 aromatic rings. The van der Waals surface area contributed by atoms with Crippen molar-refractivity contribution < 1.29 is 28.2 Å². The van der Waals surface area contributed by atoms with Crippen molar-refractivity contribution in [3.05, 3.63) is 112 Å². The third-order valence-corrected chi connectivity index (χ3v) is 5.86. The lowest BCUT2D eigenvalue weighted by atomic mass is 10.0. The number of rotatable bonds is 8. The average Bonchev–Trinajstić information content (AvgIpc) is 3.36. The summed E-state index contributed by atoms with van der Waals surface area (Å²) in [5.41, 5.74) is 1.60. The summed E-state index contributed by atoms with van der Waals surface area (Å²) in [6.07, 6.45) is 1.67. The molecular formula is C29H17F2N5O4. The van der Waals surface area contributed by atoms with Crippen LogP contribution in [0, 0.1) is 34.3 Å². The fraction of sp³-hybridized carbons (Fsp3) is 0.0690. The Kier molecular flexibility index (Phi) is 7.03. The highest BCUT2D eigenvalue weighted by atomic mass is 19.1. The number of nitriles is 2. The Hall–Kier alpha value is -5.81. The average molecular weight is 537 g/mol. The van der Waals surface area contributed by atoms with E-state index in [9.17, 15) is 18.8 Å². The van der Waals surface area contributed by atoms with Crippen molar-refractivity contribution in [2.75, 3.05) is 0 Å². The Bertz CT molecular complexity index is 1860. The van der Waals surface area contributed by atoms with Crippen molar-refractivity contribution in [1.82, 2.24) is 15.0 Å². The van der Waals surface area contributed by atoms with Crippen LogP contribution in [0.1, 0.15) is 38.6 Å². The zero-order valence-electron chi connectivity index (χ0n) is 20.5. The number of carboxylic acid groups (broad SMARTS) is 1. The minimum Gasteiger partial charge on any atom is -0.484 e. The summed E-state index contributed by atoms with van der Waals surface area (Å²) < 4.78 is 39.8. The SMILES string of the molecule is N#Cc1ccc(OCc2cc(Oc3ccc(Cc4nc5c(F)cc(C(=O)O)cc5[nH]4)c(C#N)c3)ccn2)c(F)c1. The topological polar surface area (TPSA) is 145 Å². The molecule has 0 saturated heterocycles. The van der Waals surface area contributed by atoms with E-state index in [1.54, 1.807) is 30.3 Å². The van der Waals surface area contributed by atoms with Gasteiger partial charge in [-0.1, -0.05) is 6.07 Å². The standard InChI is InChI=1S/C29H17F2N5O4/c30-23-7-16(13-32)1-4-26(23)39-15-20-12-22(5-6-34-20)40-21-3-2-17(19(8-21)14-33)11-27-35-25-10-18(29(37)38)9-24(31)28(25)36-27/h1-10,12H,11,15H2,(H,35,36)(H,37,38). The first-order valence-corrected chi connectivity index (χ1v) is 11.7. The van der Waals surface area contributed by atoms with Crippen LogP contribution >= 0.6 is 0 Å². The highest BCUT2D eigenvalue weighted by molar-refractivity contribution is 5.92. The van der Waals surface area contributed by atoms with Gasteiger partial charge in [0, 0.05) is 18.7 Å². The van der Waals surface area contributed by atoms with Crippen molar-refractivity contribution >= 4 is 17.0 Å². The van der Waals surface area contributed by atoms with Gasteiger partial charge < -0.3 is 19.6 Å². The molecule has 3 aromatic carbocycles. The van der Waals surface area contributed by atoms with Crippen LogP contribution in [0.3, 0.4) is 0 Å². The molecule has 2 aromatic heterocycles. The summed E-state index contributed by atoms with van der Waals surface area (Å²) in [6, 6.07) is 18.2. The van der Waals surface area contributed by atoms with Crippen LogP contribution in [0.2, 0.25) is 0 Å². The molecule has 2 heterocycles. The monoisotopic (exact) mass is 537 g/mol. The van der Waals surface area contributed by atoms with E-state index in [2.05, 4.69) is 21.0 Å². The number of nitrogens with zero attached hydrogens (tertiary/aromatic N) is 4. The summed E-state index contributed by atoms with van der Waals surface area (Å²) in [5.74, 6) is -1.55. The van der Waals surface area contributed by atoms with Crippen LogP contribution < -0.4 is 9.47 Å². The summed E-state index contributed by atoms with van der Waals surface area (Å²) in [5, 5.41) is 27.7. The van der Waals surface area contributed by atoms with Crippen molar-refractivity contribution in [2.45, 2.75) is 13.0 Å². The second-order valence-electron chi connectivity index (χ2n) is 8.58. The number of aromatic nitrogens is 3. The number of carboxylic acids is 1. The number of hydrogen-bond acceptors (Lipinski definition) is 7. The third-order valence-electron chi connectivity index (χ3n) is 5.86. The number of halogens is 2. The zero-order chi connectivity index (χ0) is 28.2. The molecule has 0 spiro atoms. The van der Waals surface area contributed by atoms with E-state index in [-0.39, 0.29) is 40.9 Å². The maximum atomic E-state index is 14.3. The molecule has 0 aliphatic heterocycles. The van der Waals surface area contributed by atoms with Gasteiger partial charge in [0.05, 0.1) is 40.0 Å². The first kappa shape index (κ1) is 25.8. The molecule has 9 nitrogen and oxygen atoms in total. The first-order chi connectivity index (χ1) is 19.3. The van der Waals surface area contributed by atoms with Gasteiger partial charge in [-0.25, -0.2) is 18.6 Å². The molecule has 0 fully saturated rings. The van der Waals surface area contributed by atoms with Crippen LogP contribution in [0.15, 0.2) is 66.9 Å². The van der Waals surface area contributed by atoms with E-state index in [4.69, 9.17) is 19.8 Å². The highest BCUT2D eigenvalue weighted by Gasteiger charge is 2.15. The Morgan fingerprint density at radius 3 is 2.55 bits per heavy atom. The number of imidazole rings is 1. The number of benzene rings is 3. The Morgan fingerprint density at radius 2 is 1.80 bits per heavy atom. The van der Waals surface area contributed by atoms with Gasteiger partial charge in [0.15, 0.2) is 17.4 Å². The molecule has 0 saturated carbocycles. The van der Waals surface area contributed by atoms with Gasteiger partial charge in [0.1, 0.15) is 29.4 Å². The van der Waals surface area contributed by atoms with E-state index < -0.39 is 17.6 Å². The molecule has 40 heavy (non-hydrogen) atoms. The van der Waals surface area contributed by atoms with Gasteiger partial charge >= 0.3 is 5.97 Å². The number of nitrogens with one attached hydrogen (secondary N) is 1. The second kappa shape index (κ2) is 10.9. The minimum absolute atomic E-state index is 0.0119. The number of carbonyl (C=O) groups is 1. The van der Waals surface area contributed by atoms with Crippen LogP contribution in [0.25, 0.3) is 11.0 Å². The van der Waals surface area contributed by atoms with Crippen molar-refractivity contribution in [3.8, 4) is 29.4 Å². The van der Waals surface area contributed by atoms with E-state index in [0.29, 0.717) is 34.1 Å². The second-order valence-corrected chi connectivity index (χ2v) is 8.58. The van der Waals surface area contributed by atoms with E-state index in [1.807, 2.05) is 6.07 Å². The van der Waals surface area contributed by atoms with Crippen LogP contribution in [0.5, 0.6) is 17.2 Å². The number of H-pyrrole nitrogens is 1. The lowest BCUT2D eigenvalue weighted by molar-refractivity contribution is 0.0696. The van der Waals surface area contributed by atoms with Gasteiger partial charge in [0.2, 0.25) is 0 Å². The molecule has 0 atom stereocenters. The lowest BCUT2D eigenvalue weighted by Gasteiger charge is -2.10. The number of hydrogen-bond donors (Lipinski definition) is 2. The third kappa shape index (κ3) is 5.54. The highest BCUT2D eigenvalue weighted by Crippen LogP contribution is 2.27. The van der Waals surface area contributed by atoms with Crippen LogP contribution in [-0.4, -0.2) is 26.0 Å². The summed E-state index contributed by atoms with van der Waals surface area (Å²) >= 11 is 0. The van der Waals surface area contributed by atoms with Crippen molar-refractivity contribution in [2.24, 2.45) is 0 Å². The van der Waals surface area contributed by atoms with Crippen LogP contribution in [-0.2, 0) is 13.0 Å². The van der Waals surface area contributed by atoms with Gasteiger partial charge in [-0.2, -0.15) is 10.5 Å². The number of aromatic carboxylic acids is 1. The number of pyridine rings is 1. The van der Waals surface area contributed by atoms with Crippen molar-refractivity contribution in [1.29, 1.82) is 10.5 Å². The molecule has 5 rings (SSSR count). The number of aromatic amines is 1. The van der Waals surface area contributed by atoms with E-state index >= 15 is 0 Å². The molecule has 0 aliphatic rings. The predicted octanol–water partition coefficient (Wildman–Crippen LogP) is 5.64. The number of fused-ring (bicyclic) bond motifs is 1. The van der Waals surface area contributed by atoms with Crippen molar-refractivity contribution in [3.63, 3.8) is 0 Å². The molecule has 11 heteroatoms. The van der Waals surface area contributed by atoms with Gasteiger partial charge in [-0.15, -0.1) is 0 Å². The molecule has 0 bridgehead atoms. The molecule has 0 amide bonds. The first-order valence-electron chi connectivity index (χ1n) is 11.7. The van der Waals surface area contributed by atoms with Crippen LogP contribution in [0.4, 0.5) is 8.78 Å². The van der Waals surface area contributed by atoms with E-state index in [1.165, 1.54) is 24.4 Å². The lowest BCUT2D eigenvalue weighted by Crippen LogP contribution is -2.00. The summed E-state index contributed by atoms with van der Waals surface area (Å²) in [7, 11) is 0. The zero-order valence-corrected chi connectivity index (χ0v) is 20.5.